The van der Waals surface area contributed by atoms with Crippen molar-refractivity contribution in [2.75, 3.05) is 33.4 Å². The Bertz CT molecular complexity index is 451. The Morgan fingerprint density at radius 1 is 1.42 bits per heavy atom. The molecule has 2 rings (SSSR count). The van der Waals surface area contributed by atoms with Crippen molar-refractivity contribution in [2.45, 2.75) is 0 Å². The van der Waals surface area contributed by atoms with Gasteiger partial charge in [-0.25, -0.2) is 4.99 Å². The molecule has 1 fully saturated rings. The lowest BCUT2D eigenvalue weighted by Gasteiger charge is -2.27. The largest absolute Gasteiger partial charge is 0.494 e. The lowest BCUT2D eigenvalue weighted by atomic mass is 10.3. The second kappa shape index (κ2) is 7.76. The van der Waals surface area contributed by atoms with Crippen LogP contribution >= 0.6 is 35.6 Å². The number of aliphatic imine (C=N–C) groups is 1. The number of hydrogen-bond acceptors (Lipinski definition) is 3. The number of benzene rings is 1. The lowest BCUT2D eigenvalue weighted by molar-refractivity contribution is 0.0675. The van der Waals surface area contributed by atoms with E-state index in [1.54, 1.807) is 25.3 Å². The van der Waals surface area contributed by atoms with Crippen LogP contribution in [-0.2, 0) is 4.74 Å². The summed E-state index contributed by atoms with van der Waals surface area (Å²) in [5, 5.41) is 0.601. The first-order valence-electron chi connectivity index (χ1n) is 5.71. The standard InChI is InChI=1S/C12H16ClN3O2.HI/c1-17-11-3-2-9(13)8-10(11)15-12(14)16-4-6-18-7-5-16;/h2-3,8H,4-7H2,1H3,(H2,14,15);1H. The van der Waals surface area contributed by atoms with Crippen LogP contribution in [0.25, 0.3) is 0 Å². The Kier molecular flexibility index (Phi) is 6.67. The van der Waals surface area contributed by atoms with E-state index in [9.17, 15) is 0 Å². The molecule has 0 aliphatic carbocycles. The minimum Gasteiger partial charge on any atom is -0.494 e. The molecule has 0 saturated carbocycles. The number of nitrogens with zero attached hydrogens (tertiary/aromatic N) is 2. The van der Waals surface area contributed by atoms with Crippen molar-refractivity contribution in [3.05, 3.63) is 23.2 Å². The summed E-state index contributed by atoms with van der Waals surface area (Å²) < 4.78 is 10.5. The van der Waals surface area contributed by atoms with Crippen molar-refractivity contribution in [1.82, 2.24) is 4.90 Å². The maximum Gasteiger partial charge on any atom is 0.196 e. The first kappa shape index (κ1) is 16.3. The van der Waals surface area contributed by atoms with E-state index in [4.69, 9.17) is 26.8 Å². The first-order chi connectivity index (χ1) is 8.70. The predicted octanol–water partition coefficient (Wildman–Crippen LogP) is 2.25. The molecule has 1 aliphatic rings. The SMILES string of the molecule is COc1ccc(Cl)cc1N=C(N)N1CCOCC1.I. The van der Waals surface area contributed by atoms with Gasteiger partial charge in [0.1, 0.15) is 11.4 Å². The van der Waals surface area contributed by atoms with Gasteiger partial charge in [-0.15, -0.1) is 24.0 Å². The van der Waals surface area contributed by atoms with Crippen LogP contribution in [0.4, 0.5) is 5.69 Å². The zero-order valence-corrected chi connectivity index (χ0v) is 13.7. The monoisotopic (exact) mass is 397 g/mol. The van der Waals surface area contributed by atoms with E-state index in [1.165, 1.54) is 0 Å². The van der Waals surface area contributed by atoms with Gasteiger partial charge in [0.05, 0.1) is 20.3 Å². The van der Waals surface area contributed by atoms with Crippen LogP contribution in [0, 0.1) is 0 Å². The molecule has 0 spiro atoms. The minimum absolute atomic E-state index is 0. The van der Waals surface area contributed by atoms with Gasteiger partial charge in [0.15, 0.2) is 5.96 Å². The molecule has 2 N–H and O–H groups in total. The van der Waals surface area contributed by atoms with Crippen molar-refractivity contribution in [1.29, 1.82) is 0 Å². The quantitative estimate of drug-likeness (QED) is 0.472. The lowest BCUT2D eigenvalue weighted by Crippen LogP contribution is -2.44. The summed E-state index contributed by atoms with van der Waals surface area (Å²) in [6.45, 7) is 2.84. The van der Waals surface area contributed by atoms with Crippen molar-refractivity contribution in [2.24, 2.45) is 10.7 Å². The molecule has 1 saturated heterocycles. The maximum absolute atomic E-state index is 5.98. The van der Waals surface area contributed by atoms with E-state index in [0.29, 0.717) is 35.6 Å². The number of ether oxygens (including phenoxy) is 2. The van der Waals surface area contributed by atoms with E-state index < -0.39 is 0 Å². The topological polar surface area (TPSA) is 60.1 Å². The normalized spacial score (nSPS) is 15.9. The number of hydrogen-bond donors (Lipinski definition) is 1. The third kappa shape index (κ3) is 4.39. The zero-order valence-electron chi connectivity index (χ0n) is 10.6. The summed E-state index contributed by atoms with van der Waals surface area (Å²) >= 11 is 5.94. The molecule has 0 unspecified atom stereocenters. The maximum atomic E-state index is 5.98. The van der Waals surface area contributed by atoms with Crippen molar-refractivity contribution < 1.29 is 9.47 Å². The molecule has 19 heavy (non-hydrogen) atoms. The molecular formula is C12H17ClIN3O2. The first-order valence-corrected chi connectivity index (χ1v) is 6.09. The summed E-state index contributed by atoms with van der Waals surface area (Å²) in [4.78, 5) is 6.35. The van der Waals surface area contributed by atoms with Crippen molar-refractivity contribution >= 4 is 47.2 Å². The molecule has 7 heteroatoms. The molecule has 0 aromatic heterocycles. The van der Waals surface area contributed by atoms with Crippen LogP contribution in [0.15, 0.2) is 23.2 Å². The fraction of sp³-hybridized carbons (Fsp3) is 0.417. The molecule has 0 atom stereocenters. The molecule has 0 bridgehead atoms. The van der Waals surface area contributed by atoms with Crippen LogP contribution in [-0.4, -0.2) is 44.3 Å². The zero-order chi connectivity index (χ0) is 13.0. The highest BCUT2D eigenvalue weighted by Gasteiger charge is 2.13. The fourth-order valence-electron chi connectivity index (χ4n) is 1.74. The van der Waals surface area contributed by atoms with Gasteiger partial charge in [0.2, 0.25) is 0 Å². The predicted molar refractivity (Wildman–Crippen MR) is 87.1 cm³/mol. The summed E-state index contributed by atoms with van der Waals surface area (Å²) in [5.41, 5.74) is 6.61. The molecule has 1 aromatic rings. The van der Waals surface area contributed by atoms with Gasteiger partial charge < -0.3 is 20.1 Å². The highest BCUT2D eigenvalue weighted by Crippen LogP contribution is 2.30. The molecular weight excluding hydrogens is 381 g/mol. The van der Waals surface area contributed by atoms with Crippen LogP contribution in [0.5, 0.6) is 5.75 Å². The van der Waals surface area contributed by atoms with Gasteiger partial charge >= 0.3 is 0 Å². The third-order valence-corrected chi connectivity index (χ3v) is 2.95. The Morgan fingerprint density at radius 2 is 2.11 bits per heavy atom. The van der Waals surface area contributed by atoms with Crippen LogP contribution in [0.3, 0.4) is 0 Å². The fourth-order valence-corrected chi connectivity index (χ4v) is 1.90. The summed E-state index contributed by atoms with van der Waals surface area (Å²) in [6, 6.07) is 5.26. The van der Waals surface area contributed by atoms with Gasteiger partial charge in [-0.2, -0.15) is 0 Å². The van der Waals surface area contributed by atoms with Crippen LogP contribution in [0.1, 0.15) is 0 Å². The smallest absolute Gasteiger partial charge is 0.196 e. The summed E-state index contributed by atoms with van der Waals surface area (Å²) in [6.07, 6.45) is 0. The van der Waals surface area contributed by atoms with E-state index in [-0.39, 0.29) is 24.0 Å². The van der Waals surface area contributed by atoms with Crippen LogP contribution in [0.2, 0.25) is 5.02 Å². The molecule has 5 nitrogen and oxygen atoms in total. The molecule has 0 amide bonds. The minimum atomic E-state index is 0. The highest BCUT2D eigenvalue weighted by molar-refractivity contribution is 14.0. The second-order valence-electron chi connectivity index (χ2n) is 3.89. The molecule has 1 aromatic carbocycles. The van der Waals surface area contributed by atoms with Gasteiger partial charge in [0, 0.05) is 18.1 Å². The molecule has 1 aliphatic heterocycles. The molecule has 0 radical (unpaired) electrons. The number of rotatable bonds is 2. The third-order valence-electron chi connectivity index (χ3n) is 2.71. The van der Waals surface area contributed by atoms with E-state index in [0.717, 1.165) is 13.1 Å². The number of halogens is 2. The second-order valence-corrected chi connectivity index (χ2v) is 4.32. The molecule has 106 valence electrons. The van der Waals surface area contributed by atoms with Gasteiger partial charge in [-0.3, -0.25) is 0 Å². The average Bonchev–Trinajstić information content (AvgIpc) is 2.40. The number of nitrogens with two attached hydrogens (primary N) is 1. The van der Waals surface area contributed by atoms with Gasteiger partial charge in [-0.1, -0.05) is 11.6 Å². The van der Waals surface area contributed by atoms with Crippen LogP contribution < -0.4 is 10.5 Å². The van der Waals surface area contributed by atoms with E-state index in [2.05, 4.69) is 4.99 Å². The Hall–Kier alpha value is -0.730. The van der Waals surface area contributed by atoms with Gasteiger partial charge in [-0.05, 0) is 18.2 Å². The highest BCUT2D eigenvalue weighted by atomic mass is 127. The average molecular weight is 398 g/mol. The number of morpholine rings is 1. The van der Waals surface area contributed by atoms with E-state index >= 15 is 0 Å². The summed E-state index contributed by atoms with van der Waals surface area (Å²) in [7, 11) is 1.59. The molecule has 1 heterocycles. The van der Waals surface area contributed by atoms with E-state index in [1.807, 2.05) is 4.90 Å². The summed E-state index contributed by atoms with van der Waals surface area (Å²) in [5.74, 6) is 1.11. The van der Waals surface area contributed by atoms with Crippen molar-refractivity contribution in [3.63, 3.8) is 0 Å². The van der Waals surface area contributed by atoms with Crippen molar-refractivity contribution in [3.8, 4) is 5.75 Å². The Balaban J connectivity index is 0.00000180. The number of guanidine groups is 1. The Labute approximate surface area is 134 Å². The Morgan fingerprint density at radius 3 is 2.74 bits per heavy atom. The van der Waals surface area contributed by atoms with Gasteiger partial charge in [0.25, 0.3) is 0 Å². The number of methoxy groups -OCH3 is 1.